The number of benzene rings is 5. The average molecular weight is 542 g/mol. The molecule has 0 radical (unpaired) electrons. The standard InChI is InChI=1S/C35H31N3O3/c1-40-33-23-25(21-22-31(33)39)34-29(24-36-26-13-5-2-6-14-26)35(37-30-19-11-12-20-32(30)41-34)38(27-15-7-3-8-16-27)28-17-9-4-10-18-28/h2-23,29,34,36,39H,24H2,1H3. The second-order valence-electron chi connectivity index (χ2n) is 9.77. The molecule has 0 aromatic heterocycles. The Bertz CT molecular complexity index is 1590. The number of hydrogen-bond donors (Lipinski definition) is 2. The lowest BCUT2D eigenvalue weighted by molar-refractivity contribution is 0.174. The van der Waals surface area contributed by atoms with Crippen molar-refractivity contribution in [2.75, 3.05) is 23.9 Å². The van der Waals surface area contributed by atoms with Crippen molar-refractivity contribution in [3.05, 3.63) is 139 Å². The molecule has 204 valence electrons. The van der Waals surface area contributed by atoms with Crippen molar-refractivity contribution < 1.29 is 14.6 Å². The van der Waals surface area contributed by atoms with Crippen LogP contribution in [0.15, 0.2) is 138 Å². The highest BCUT2D eigenvalue weighted by molar-refractivity contribution is 6.07. The van der Waals surface area contributed by atoms with Crippen molar-refractivity contribution in [1.82, 2.24) is 0 Å². The molecule has 5 aromatic rings. The smallest absolute Gasteiger partial charge is 0.160 e. The molecule has 1 aliphatic rings. The van der Waals surface area contributed by atoms with Crippen LogP contribution in [0.5, 0.6) is 17.2 Å². The van der Waals surface area contributed by atoms with Gasteiger partial charge in [0.05, 0.1) is 13.0 Å². The molecule has 0 amide bonds. The van der Waals surface area contributed by atoms with Gasteiger partial charge in [0.2, 0.25) is 0 Å². The van der Waals surface area contributed by atoms with E-state index in [9.17, 15) is 5.11 Å². The zero-order chi connectivity index (χ0) is 28.0. The molecule has 1 aliphatic heterocycles. The lowest BCUT2D eigenvalue weighted by Gasteiger charge is -2.34. The van der Waals surface area contributed by atoms with E-state index in [2.05, 4.69) is 34.5 Å². The highest BCUT2D eigenvalue weighted by atomic mass is 16.5. The van der Waals surface area contributed by atoms with Crippen molar-refractivity contribution in [2.24, 2.45) is 10.9 Å². The van der Waals surface area contributed by atoms with Crippen LogP contribution in [-0.4, -0.2) is 24.6 Å². The van der Waals surface area contributed by atoms with E-state index in [1.807, 2.05) is 103 Å². The van der Waals surface area contributed by atoms with Crippen molar-refractivity contribution >= 4 is 28.6 Å². The Labute approximate surface area is 240 Å². The zero-order valence-electron chi connectivity index (χ0n) is 22.7. The monoisotopic (exact) mass is 541 g/mol. The molecular weight excluding hydrogens is 510 g/mol. The fourth-order valence-corrected chi connectivity index (χ4v) is 5.15. The number of ether oxygens (including phenoxy) is 2. The van der Waals surface area contributed by atoms with Gasteiger partial charge in [-0.15, -0.1) is 0 Å². The highest BCUT2D eigenvalue weighted by Gasteiger charge is 2.37. The molecule has 0 saturated carbocycles. The summed E-state index contributed by atoms with van der Waals surface area (Å²) < 4.78 is 12.3. The van der Waals surface area contributed by atoms with Crippen LogP contribution in [0.3, 0.4) is 0 Å². The fraction of sp³-hybridized carbons (Fsp3) is 0.114. The van der Waals surface area contributed by atoms with E-state index in [4.69, 9.17) is 14.5 Å². The minimum Gasteiger partial charge on any atom is -0.504 e. The predicted molar refractivity (Wildman–Crippen MR) is 165 cm³/mol. The van der Waals surface area contributed by atoms with Crippen LogP contribution in [0.2, 0.25) is 0 Å². The summed E-state index contributed by atoms with van der Waals surface area (Å²) in [5.41, 5.74) is 4.59. The quantitative estimate of drug-likeness (QED) is 0.218. The first kappa shape index (κ1) is 26.0. The SMILES string of the molecule is COc1cc(C2Oc3ccccc3N=C(N(c3ccccc3)c3ccccc3)C2CNc2ccccc2)ccc1O. The molecule has 6 nitrogen and oxygen atoms in total. The fourth-order valence-electron chi connectivity index (χ4n) is 5.15. The maximum Gasteiger partial charge on any atom is 0.160 e. The zero-order valence-corrected chi connectivity index (χ0v) is 22.7. The number of phenols is 1. The van der Waals surface area contributed by atoms with E-state index in [0.717, 1.165) is 34.1 Å². The van der Waals surface area contributed by atoms with Crippen molar-refractivity contribution in [3.63, 3.8) is 0 Å². The average Bonchev–Trinajstić information content (AvgIpc) is 3.19. The van der Waals surface area contributed by atoms with E-state index in [1.165, 1.54) is 0 Å². The molecule has 0 spiro atoms. The number of methoxy groups -OCH3 is 1. The lowest BCUT2D eigenvalue weighted by atomic mass is 9.92. The Kier molecular flexibility index (Phi) is 7.54. The first-order valence-electron chi connectivity index (χ1n) is 13.6. The van der Waals surface area contributed by atoms with Gasteiger partial charge < -0.3 is 19.9 Å². The number of nitrogens with zero attached hydrogens (tertiary/aromatic N) is 2. The third kappa shape index (κ3) is 5.58. The second-order valence-corrected chi connectivity index (χ2v) is 9.77. The maximum absolute atomic E-state index is 10.4. The van der Waals surface area contributed by atoms with Crippen LogP contribution >= 0.6 is 0 Å². The number of phenolic OH excluding ortho intramolecular Hbond substituents is 1. The summed E-state index contributed by atoms with van der Waals surface area (Å²) in [6.45, 7) is 0.529. The summed E-state index contributed by atoms with van der Waals surface area (Å²) in [5, 5.41) is 14.0. The number of amidine groups is 1. The minimum absolute atomic E-state index is 0.0771. The molecule has 6 heteroatoms. The molecule has 0 aliphatic carbocycles. The minimum atomic E-state index is -0.460. The van der Waals surface area contributed by atoms with Gasteiger partial charge in [0, 0.05) is 23.6 Å². The Morgan fingerprint density at radius 1 is 0.780 bits per heavy atom. The summed E-state index contributed by atoms with van der Waals surface area (Å²) in [4.78, 5) is 7.52. The lowest BCUT2D eigenvalue weighted by Crippen LogP contribution is -2.40. The Hall–Kier alpha value is -5.23. The molecule has 2 atom stereocenters. The highest BCUT2D eigenvalue weighted by Crippen LogP contribution is 2.43. The van der Waals surface area contributed by atoms with Gasteiger partial charge in [0.25, 0.3) is 0 Å². The second kappa shape index (κ2) is 11.9. The molecule has 2 N–H and O–H groups in total. The predicted octanol–water partition coefficient (Wildman–Crippen LogP) is 8.13. The van der Waals surface area contributed by atoms with Crippen LogP contribution in [0.25, 0.3) is 0 Å². The maximum atomic E-state index is 10.4. The van der Waals surface area contributed by atoms with Crippen LogP contribution in [0, 0.1) is 5.92 Å². The molecule has 1 heterocycles. The number of rotatable bonds is 7. The van der Waals surface area contributed by atoms with Gasteiger partial charge in [-0.1, -0.05) is 72.8 Å². The number of para-hydroxylation sites is 5. The van der Waals surface area contributed by atoms with Gasteiger partial charge in [-0.25, -0.2) is 4.99 Å². The number of fused-ring (bicyclic) bond motifs is 1. The normalized spacial score (nSPS) is 16.0. The van der Waals surface area contributed by atoms with E-state index < -0.39 is 6.10 Å². The number of aliphatic imine (C=N–C) groups is 1. The number of aromatic hydroxyl groups is 1. The number of nitrogens with one attached hydrogen (secondary N) is 1. The van der Waals surface area contributed by atoms with Crippen LogP contribution in [-0.2, 0) is 0 Å². The van der Waals surface area contributed by atoms with Crippen molar-refractivity contribution in [2.45, 2.75) is 6.10 Å². The van der Waals surface area contributed by atoms with Crippen LogP contribution in [0.1, 0.15) is 11.7 Å². The number of hydrogen-bond acceptors (Lipinski definition) is 6. The van der Waals surface area contributed by atoms with Gasteiger partial charge >= 0.3 is 0 Å². The van der Waals surface area contributed by atoms with E-state index in [0.29, 0.717) is 18.0 Å². The van der Waals surface area contributed by atoms with Crippen molar-refractivity contribution in [1.29, 1.82) is 0 Å². The molecule has 2 unspecified atom stereocenters. The molecule has 0 bridgehead atoms. The summed E-state index contributed by atoms with van der Waals surface area (Å²) in [6, 6.07) is 43.9. The van der Waals surface area contributed by atoms with Gasteiger partial charge in [-0.3, -0.25) is 4.90 Å². The van der Waals surface area contributed by atoms with Gasteiger partial charge in [0.1, 0.15) is 23.4 Å². The summed E-state index contributed by atoms with van der Waals surface area (Å²) in [5.74, 6) is 1.71. The molecule has 0 fully saturated rings. The van der Waals surface area contributed by atoms with Crippen LogP contribution < -0.4 is 19.7 Å². The Morgan fingerprint density at radius 2 is 1.39 bits per heavy atom. The van der Waals surface area contributed by atoms with Crippen LogP contribution in [0.4, 0.5) is 22.7 Å². The van der Waals surface area contributed by atoms with E-state index in [-0.39, 0.29) is 11.7 Å². The number of anilines is 3. The molecule has 6 rings (SSSR count). The molecule has 41 heavy (non-hydrogen) atoms. The first-order chi connectivity index (χ1) is 20.2. The third-order valence-corrected chi connectivity index (χ3v) is 7.14. The van der Waals surface area contributed by atoms with Gasteiger partial charge in [0.15, 0.2) is 11.5 Å². The Morgan fingerprint density at radius 3 is 2.05 bits per heavy atom. The van der Waals surface area contributed by atoms with E-state index >= 15 is 0 Å². The molecule has 0 saturated heterocycles. The summed E-state index contributed by atoms with van der Waals surface area (Å²) >= 11 is 0. The largest absolute Gasteiger partial charge is 0.504 e. The topological polar surface area (TPSA) is 66.3 Å². The Balaban J connectivity index is 1.56. The van der Waals surface area contributed by atoms with Gasteiger partial charge in [-0.2, -0.15) is 0 Å². The molecule has 5 aromatic carbocycles. The van der Waals surface area contributed by atoms with E-state index in [1.54, 1.807) is 13.2 Å². The first-order valence-corrected chi connectivity index (χ1v) is 13.6. The van der Waals surface area contributed by atoms with Crippen molar-refractivity contribution in [3.8, 4) is 17.2 Å². The molecular formula is C35H31N3O3. The summed E-state index contributed by atoms with van der Waals surface area (Å²) in [7, 11) is 1.55. The van der Waals surface area contributed by atoms with Gasteiger partial charge in [-0.05, 0) is 66.2 Å². The third-order valence-electron chi connectivity index (χ3n) is 7.14. The summed E-state index contributed by atoms with van der Waals surface area (Å²) in [6.07, 6.45) is -0.460.